The van der Waals surface area contributed by atoms with E-state index < -0.39 is 18.2 Å². The Kier molecular flexibility index (Phi) is 11.0. The Labute approximate surface area is 156 Å². The second kappa shape index (κ2) is 12.4. The van der Waals surface area contributed by atoms with Gasteiger partial charge in [-0.3, -0.25) is 9.59 Å². The van der Waals surface area contributed by atoms with E-state index >= 15 is 0 Å². The van der Waals surface area contributed by atoms with Crippen LogP contribution in [0, 0.1) is 11.8 Å². The second-order valence-corrected chi connectivity index (χ2v) is 7.77. The first-order valence-electron chi connectivity index (χ1n) is 10.1. The molecule has 0 heterocycles. The summed E-state index contributed by atoms with van der Waals surface area (Å²) in [5.74, 6) is -1.26. The van der Waals surface area contributed by atoms with Crippen LogP contribution in [-0.2, 0) is 9.59 Å². The number of Topliss-reactive ketones (excluding diaryl/α,β-unsaturated/α-hetero) is 1. The molecule has 1 aliphatic carbocycles. The molecule has 0 unspecified atom stereocenters. The standard InChI is InChI=1S/C20H36O6/c1-2-3-4-7-14(21)10-11-16-17(19(24)13-18(16)23)12-15(22)8-5-6-9-20(25)26/h14,16-19,21,23-24H,2-13H2,1H3,(H,25,26)/t14-,16+,17-,18+,19+/m0/s1. The van der Waals surface area contributed by atoms with E-state index in [1.165, 1.54) is 0 Å². The van der Waals surface area contributed by atoms with Gasteiger partial charge in [0, 0.05) is 19.3 Å². The van der Waals surface area contributed by atoms with Gasteiger partial charge >= 0.3 is 5.97 Å². The molecule has 0 aliphatic heterocycles. The van der Waals surface area contributed by atoms with Gasteiger partial charge in [0.2, 0.25) is 0 Å². The largest absolute Gasteiger partial charge is 0.481 e. The first kappa shape index (κ1) is 23.1. The summed E-state index contributed by atoms with van der Waals surface area (Å²) in [6.45, 7) is 2.12. The fourth-order valence-corrected chi connectivity index (χ4v) is 3.98. The predicted molar refractivity (Wildman–Crippen MR) is 98.7 cm³/mol. The number of aliphatic hydroxyl groups is 3. The van der Waals surface area contributed by atoms with E-state index in [1.807, 2.05) is 0 Å². The minimum absolute atomic E-state index is 0.0158. The molecule has 0 aromatic heterocycles. The minimum Gasteiger partial charge on any atom is -0.481 e. The highest BCUT2D eigenvalue weighted by Gasteiger charge is 2.42. The highest BCUT2D eigenvalue weighted by Crippen LogP contribution is 2.38. The molecule has 1 rings (SSSR count). The molecule has 6 heteroatoms. The number of carbonyl (C=O) groups is 2. The summed E-state index contributed by atoms with van der Waals surface area (Å²) < 4.78 is 0. The van der Waals surface area contributed by atoms with Gasteiger partial charge in [-0.1, -0.05) is 26.2 Å². The van der Waals surface area contributed by atoms with Gasteiger partial charge < -0.3 is 20.4 Å². The molecule has 26 heavy (non-hydrogen) atoms. The number of hydrogen-bond acceptors (Lipinski definition) is 5. The van der Waals surface area contributed by atoms with E-state index in [2.05, 4.69) is 6.92 Å². The van der Waals surface area contributed by atoms with Crippen molar-refractivity contribution in [3.8, 4) is 0 Å². The van der Waals surface area contributed by atoms with Gasteiger partial charge in [0.15, 0.2) is 0 Å². The molecule has 0 amide bonds. The Bertz CT molecular complexity index is 425. The molecule has 0 spiro atoms. The van der Waals surface area contributed by atoms with Gasteiger partial charge in [0.1, 0.15) is 5.78 Å². The third-order valence-corrected chi connectivity index (χ3v) is 5.56. The van der Waals surface area contributed by atoms with Crippen molar-refractivity contribution in [1.29, 1.82) is 0 Å². The zero-order valence-electron chi connectivity index (χ0n) is 16.0. The molecule has 0 aromatic rings. The molecule has 1 fully saturated rings. The third-order valence-electron chi connectivity index (χ3n) is 5.56. The smallest absolute Gasteiger partial charge is 0.303 e. The van der Waals surface area contributed by atoms with Gasteiger partial charge in [0.25, 0.3) is 0 Å². The average molecular weight is 373 g/mol. The maximum atomic E-state index is 12.2. The lowest BCUT2D eigenvalue weighted by Gasteiger charge is -2.24. The van der Waals surface area contributed by atoms with Gasteiger partial charge in [-0.05, 0) is 50.4 Å². The van der Waals surface area contributed by atoms with Crippen molar-refractivity contribution in [3.05, 3.63) is 0 Å². The van der Waals surface area contributed by atoms with Crippen molar-refractivity contribution in [2.75, 3.05) is 0 Å². The Morgan fingerprint density at radius 1 is 0.962 bits per heavy atom. The van der Waals surface area contributed by atoms with Crippen molar-refractivity contribution >= 4 is 11.8 Å². The molecule has 4 N–H and O–H groups in total. The van der Waals surface area contributed by atoms with Crippen molar-refractivity contribution in [3.63, 3.8) is 0 Å². The Balaban J connectivity index is 2.40. The Hall–Kier alpha value is -0.980. The van der Waals surface area contributed by atoms with Crippen LogP contribution in [0.4, 0.5) is 0 Å². The average Bonchev–Trinajstić information content (AvgIpc) is 2.83. The van der Waals surface area contributed by atoms with Crippen molar-refractivity contribution in [2.45, 2.75) is 102 Å². The monoisotopic (exact) mass is 372 g/mol. The summed E-state index contributed by atoms with van der Waals surface area (Å²) in [7, 11) is 0. The molecule has 0 aromatic carbocycles. The quantitative estimate of drug-likeness (QED) is 0.349. The number of carbonyl (C=O) groups excluding carboxylic acids is 1. The number of ketones is 1. The van der Waals surface area contributed by atoms with Crippen molar-refractivity contribution in [2.24, 2.45) is 11.8 Å². The lowest BCUT2D eigenvalue weighted by molar-refractivity contribution is -0.137. The van der Waals surface area contributed by atoms with E-state index in [0.717, 1.165) is 25.7 Å². The highest BCUT2D eigenvalue weighted by atomic mass is 16.4. The number of aliphatic carboxylic acids is 1. The normalized spacial score (nSPS) is 26.8. The first-order chi connectivity index (χ1) is 12.3. The number of hydrogen-bond donors (Lipinski definition) is 4. The molecule has 152 valence electrons. The number of carboxylic acid groups (broad SMARTS) is 1. The Morgan fingerprint density at radius 3 is 2.27 bits per heavy atom. The third kappa shape index (κ3) is 8.60. The molecule has 1 saturated carbocycles. The zero-order chi connectivity index (χ0) is 19.5. The number of rotatable bonds is 14. The van der Waals surface area contributed by atoms with Crippen molar-refractivity contribution < 1.29 is 30.0 Å². The molecule has 6 nitrogen and oxygen atoms in total. The molecule has 5 atom stereocenters. The van der Waals surface area contributed by atoms with Crippen LogP contribution < -0.4 is 0 Å². The molecular formula is C20H36O6. The zero-order valence-corrected chi connectivity index (χ0v) is 16.0. The van der Waals surface area contributed by atoms with E-state index in [1.54, 1.807) is 0 Å². The van der Waals surface area contributed by atoms with Crippen molar-refractivity contribution in [1.82, 2.24) is 0 Å². The van der Waals surface area contributed by atoms with Crippen LogP contribution in [0.2, 0.25) is 0 Å². The molecule has 0 saturated heterocycles. The summed E-state index contributed by atoms with van der Waals surface area (Å²) in [5.41, 5.74) is 0. The van der Waals surface area contributed by atoms with Crippen LogP contribution in [0.5, 0.6) is 0 Å². The second-order valence-electron chi connectivity index (χ2n) is 7.77. The summed E-state index contributed by atoms with van der Waals surface area (Å²) in [6, 6.07) is 0. The first-order valence-corrected chi connectivity index (χ1v) is 10.1. The fraction of sp³-hybridized carbons (Fsp3) is 0.900. The van der Waals surface area contributed by atoms with Gasteiger partial charge in [-0.25, -0.2) is 0 Å². The predicted octanol–water partition coefficient (Wildman–Crippen LogP) is 2.67. The summed E-state index contributed by atoms with van der Waals surface area (Å²) in [5, 5.41) is 39.1. The van der Waals surface area contributed by atoms with Crippen LogP contribution >= 0.6 is 0 Å². The number of unbranched alkanes of at least 4 members (excludes halogenated alkanes) is 3. The SMILES string of the molecule is CCCCC[C@H](O)CC[C@@H]1[C@H](CC(=O)CCCCC(=O)O)[C@H](O)C[C@H]1O. The summed E-state index contributed by atoms with van der Waals surface area (Å²) in [6.07, 6.45) is 5.36. The Morgan fingerprint density at radius 2 is 1.62 bits per heavy atom. The minimum atomic E-state index is -0.857. The lowest BCUT2D eigenvalue weighted by atomic mass is 9.84. The number of aliphatic hydroxyl groups excluding tert-OH is 3. The van der Waals surface area contributed by atoms with E-state index in [0.29, 0.717) is 32.1 Å². The maximum absolute atomic E-state index is 12.2. The molecule has 0 bridgehead atoms. The van der Waals surface area contributed by atoms with Crippen LogP contribution in [-0.4, -0.2) is 50.5 Å². The summed E-state index contributed by atoms with van der Waals surface area (Å²) in [4.78, 5) is 22.7. The number of carboxylic acids is 1. The summed E-state index contributed by atoms with van der Waals surface area (Å²) >= 11 is 0. The van der Waals surface area contributed by atoms with E-state index in [4.69, 9.17) is 5.11 Å². The van der Waals surface area contributed by atoms with E-state index in [9.17, 15) is 24.9 Å². The highest BCUT2D eigenvalue weighted by molar-refractivity contribution is 5.78. The van der Waals surface area contributed by atoms with Gasteiger partial charge in [0.05, 0.1) is 18.3 Å². The lowest BCUT2D eigenvalue weighted by Crippen LogP contribution is -2.26. The maximum Gasteiger partial charge on any atom is 0.303 e. The van der Waals surface area contributed by atoms with Crippen LogP contribution in [0.25, 0.3) is 0 Å². The molecular weight excluding hydrogens is 336 g/mol. The topological polar surface area (TPSA) is 115 Å². The van der Waals surface area contributed by atoms with Crippen LogP contribution in [0.1, 0.15) is 84.0 Å². The fourth-order valence-electron chi connectivity index (χ4n) is 3.98. The molecule has 0 radical (unpaired) electrons. The van der Waals surface area contributed by atoms with E-state index in [-0.39, 0.29) is 43.0 Å². The van der Waals surface area contributed by atoms with Crippen LogP contribution in [0.3, 0.4) is 0 Å². The van der Waals surface area contributed by atoms with Gasteiger partial charge in [-0.2, -0.15) is 0 Å². The van der Waals surface area contributed by atoms with Gasteiger partial charge in [-0.15, -0.1) is 0 Å². The molecule has 1 aliphatic rings. The van der Waals surface area contributed by atoms with Crippen LogP contribution in [0.15, 0.2) is 0 Å².